The highest BCUT2D eigenvalue weighted by atomic mass is 16.6. The molecule has 1 aliphatic heterocycles. The highest BCUT2D eigenvalue weighted by Gasteiger charge is 2.44. The van der Waals surface area contributed by atoms with Gasteiger partial charge in [-0.2, -0.15) is 0 Å². The second-order valence-electron chi connectivity index (χ2n) is 3.44. The number of aliphatic hydroxyl groups is 4. The van der Waals surface area contributed by atoms with E-state index in [-0.39, 0.29) is 5.06 Å². The molecule has 4 N–H and O–H groups in total. The van der Waals surface area contributed by atoms with E-state index in [0.717, 1.165) is 0 Å². The molecular weight excluding hydrogens is 222 g/mol. The molecule has 1 unspecified atom stereocenters. The van der Waals surface area contributed by atoms with Gasteiger partial charge in [-0.05, 0) is 0 Å². The van der Waals surface area contributed by atoms with Crippen molar-refractivity contribution in [2.75, 3.05) is 6.61 Å². The number of hydrogen-bond acceptors (Lipinski definition) is 7. The summed E-state index contributed by atoms with van der Waals surface area (Å²) >= 11 is 0. The lowest BCUT2D eigenvalue weighted by Crippen LogP contribution is -2.63. The van der Waals surface area contributed by atoms with Crippen molar-refractivity contribution in [3.05, 3.63) is 5.21 Å². The van der Waals surface area contributed by atoms with Crippen LogP contribution in [0.3, 0.4) is 0 Å². The maximum absolute atomic E-state index is 11.4. The van der Waals surface area contributed by atoms with Gasteiger partial charge in [0.05, 0.1) is 6.61 Å². The van der Waals surface area contributed by atoms with Gasteiger partial charge in [0.15, 0.2) is 6.29 Å². The summed E-state index contributed by atoms with van der Waals surface area (Å²) < 4.78 is 11.4. The molecule has 1 amide bonds. The molecule has 0 aliphatic carbocycles. The molecule has 1 aliphatic rings. The summed E-state index contributed by atoms with van der Waals surface area (Å²) in [5.74, 6) is -1.17. The van der Waals surface area contributed by atoms with Crippen LogP contribution in [0.5, 0.6) is 0 Å². The second-order valence-corrected chi connectivity index (χ2v) is 3.44. The molecule has 0 bridgehead atoms. The number of nitrogens with zero attached hydrogens (tertiary/aromatic N) is 1. The summed E-state index contributed by atoms with van der Waals surface area (Å²) in [7, 11) is 0. The van der Waals surface area contributed by atoms with E-state index in [2.05, 4.69) is 4.74 Å². The Morgan fingerprint density at radius 3 is 2.62 bits per heavy atom. The van der Waals surface area contributed by atoms with E-state index in [0.29, 0.717) is 0 Å². The van der Waals surface area contributed by atoms with Crippen molar-refractivity contribution in [2.45, 2.75) is 37.5 Å². The monoisotopic (exact) mass is 237 g/mol. The van der Waals surface area contributed by atoms with Gasteiger partial charge in [0.2, 0.25) is 5.91 Å². The smallest absolute Gasteiger partial charge is 0.209 e. The molecule has 0 aromatic carbocycles. The molecule has 8 heteroatoms. The Morgan fingerprint density at radius 1 is 1.50 bits per heavy atom. The third kappa shape index (κ3) is 2.32. The summed E-state index contributed by atoms with van der Waals surface area (Å²) in [6, 6.07) is -1.72. The highest BCUT2D eigenvalue weighted by molar-refractivity contribution is 5.74. The van der Waals surface area contributed by atoms with Gasteiger partial charge in [0, 0.05) is 8.27 Å². The largest absolute Gasteiger partial charge is 0.756 e. The van der Waals surface area contributed by atoms with Crippen molar-refractivity contribution in [2.24, 2.45) is 0 Å². The fourth-order valence-electron chi connectivity index (χ4n) is 1.50. The zero-order valence-corrected chi connectivity index (χ0v) is 8.26. The van der Waals surface area contributed by atoms with Gasteiger partial charge in [-0.3, -0.25) is 4.79 Å². The number of hydroxylamine groups is 2. The van der Waals surface area contributed by atoms with E-state index in [1.807, 2.05) is 0 Å². The molecule has 1 fully saturated rings. The SMILES string of the molecule is [2H]CC(=O)N([O-])[C@H]1C(O)O[C@H](CO)[C@@H](O)[C@@H]1O. The van der Waals surface area contributed by atoms with Crippen LogP contribution < -0.4 is 0 Å². The van der Waals surface area contributed by atoms with Crippen molar-refractivity contribution in [1.82, 2.24) is 5.06 Å². The van der Waals surface area contributed by atoms with Gasteiger partial charge in [0.1, 0.15) is 24.4 Å². The predicted octanol–water partition coefficient (Wildman–Crippen LogP) is -2.87. The van der Waals surface area contributed by atoms with Gasteiger partial charge in [-0.15, -0.1) is 0 Å². The average Bonchev–Trinajstić information content (AvgIpc) is 2.32. The first-order chi connectivity index (χ1) is 7.93. The number of ether oxygens (including phenoxy) is 1. The van der Waals surface area contributed by atoms with Crippen LogP contribution in [0, 0.1) is 5.21 Å². The Morgan fingerprint density at radius 2 is 2.12 bits per heavy atom. The van der Waals surface area contributed by atoms with Crippen LogP contribution >= 0.6 is 0 Å². The van der Waals surface area contributed by atoms with Crippen LogP contribution in [0.15, 0.2) is 0 Å². The van der Waals surface area contributed by atoms with Crippen LogP contribution in [0.1, 0.15) is 8.27 Å². The van der Waals surface area contributed by atoms with Crippen LogP contribution in [-0.2, 0) is 9.53 Å². The topological polar surface area (TPSA) is 134 Å². The normalized spacial score (nSPS) is 40.3. The molecule has 0 spiro atoms. The third-order valence-electron chi connectivity index (χ3n) is 2.38. The van der Waals surface area contributed by atoms with Crippen LogP contribution in [-0.4, -0.2) is 68.6 Å². The lowest BCUT2D eigenvalue weighted by atomic mass is 9.97. The molecule has 1 rings (SSSR count). The minimum atomic E-state index is -1.83. The lowest BCUT2D eigenvalue weighted by Gasteiger charge is -2.47. The number of amides is 1. The Kier molecular flexibility index (Phi) is 3.69. The molecule has 8 nitrogen and oxygen atoms in total. The van der Waals surface area contributed by atoms with Crippen LogP contribution in [0.25, 0.3) is 0 Å². The maximum atomic E-state index is 11.4. The zero-order valence-electron chi connectivity index (χ0n) is 9.26. The van der Waals surface area contributed by atoms with E-state index in [9.17, 15) is 25.3 Å². The summed E-state index contributed by atoms with van der Waals surface area (Å²) in [6.07, 6.45) is -6.44. The van der Waals surface area contributed by atoms with Crippen molar-refractivity contribution < 1.29 is 31.3 Å². The van der Waals surface area contributed by atoms with Gasteiger partial charge in [-0.1, -0.05) is 0 Å². The predicted molar refractivity (Wildman–Crippen MR) is 49.7 cm³/mol. The fraction of sp³-hybridized carbons (Fsp3) is 0.875. The van der Waals surface area contributed by atoms with Crippen molar-refractivity contribution >= 4 is 5.91 Å². The second kappa shape index (κ2) is 5.04. The quantitative estimate of drug-likeness (QED) is 0.379. The summed E-state index contributed by atoms with van der Waals surface area (Å²) in [5, 5.41) is 48.3. The van der Waals surface area contributed by atoms with Gasteiger partial charge < -0.3 is 35.4 Å². The van der Waals surface area contributed by atoms with E-state index in [4.69, 9.17) is 6.48 Å². The van der Waals surface area contributed by atoms with E-state index in [1.54, 1.807) is 0 Å². The molecule has 5 atom stereocenters. The van der Waals surface area contributed by atoms with Gasteiger partial charge >= 0.3 is 0 Å². The Hall–Kier alpha value is -0.770. The molecule has 1 heterocycles. The third-order valence-corrected chi connectivity index (χ3v) is 2.38. The van der Waals surface area contributed by atoms with Crippen molar-refractivity contribution in [3.63, 3.8) is 0 Å². The minimum Gasteiger partial charge on any atom is -0.756 e. The van der Waals surface area contributed by atoms with Crippen molar-refractivity contribution in [3.8, 4) is 0 Å². The lowest BCUT2D eigenvalue weighted by molar-refractivity contribution is -0.266. The molecule has 0 aromatic heterocycles. The van der Waals surface area contributed by atoms with E-state index >= 15 is 0 Å². The van der Waals surface area contributed by atoms with E-state index in [1.165, 1.54) is 0 Å². The fourth-order valence-corrected chi connectivity index (χ4v) is 1.50. The average molecular weight is 237 g/mol. The Labute approximate surface area is 92.7 Å². The standard InChI is InChI=1S/C8H14NO7/c1-3(11)9(15)5-7(13)6(12)4(2-10)16-8(5)14/h4-8,10,12-14H,2H2,1H3/q-1/t4-,5-,6-,7-,8?/m1/s1/i1D. The minimum absolute atomic E-state index is 0.293. The Balaban J connectivity index is 2.82. The molecule has 0 aromatic rings. The Bertz CT molecular complexity index is 279. The van der Waals surface area contributed by atoms with E-state index < -0.39 is 50.1 Å². The highest BCUT2D eigenvalue weighted by Crippen LogP contribution is 2.23. The molecule has 94 valence electrons. The number of carbonyl (C=O) groups is 1. The molecule has 0 saturated carbocycles. The molecule has 16 heavy (non-hydrogen) atoms. The number of hydrogen-bond donors (Lipinski definition) is 4. The first kappa shape index (κ1) is 11.7. The number of aliphatic hydroxyl groups excluding tert-OH is 4. The number of rotatable bonds is 2. The number of carbonyl (C=O) groups excluding carboxylic acids is 1. The van der Waals surface area contributed by atoms with Gasteiger partial charge in [-0.25, -0.2) is 0 Å². The zero-order chi connectivity index (χ0) is 13.2. The summed E-state index contributed by atoms with van der Waals surface area (Å²) in [5.41, 5.74) is 0. The summed E-state index contributed by atoms with van der Waals surface area (Å²) in [6.45, 7) is -1.51. The molecular formula is C8H14NO7-. The van der Waals surface area contributed by atoms with Crippen molar-refractivity contribution in [1.29, 1.82) is 0 Å². The first-order valence-electron chi connectivity index (χ1n) is 5.23. The van der Waals surface area contributed by atoms with Gasteiger partial charge in [0.25, 0.3) is 0 Å². The molecule has 0 radical (unpaired) electrons. The van der Waals surface area contributed by atoms with Crippen LogP contribution in [0.4, 0.5) is 0 Å². The molecule has 1 saturated heterocycles. The maximum Gasteiger partial charge on any atom is 0.209 e. The first-order valence-corrected chi connectivity index (χ1v) is 4.53. The van der Waals surface area contributed by atoms with Crippen LogP contribution in [0.2, 0.25) is 0 Å². The summed E-state index contributed by atoms with van der Waals surface area (Å²) in [4.78, 5) is 11.0.